The van der Waals surface area contributed by atoms with Crippen LogP contribution in [0.1, 0.15) is 32.1 Å². The number of amidine groups is 1. The highest BCUT2D eigenvalue weighted by Crippen LogP contribution is 2.40. The first kappa shape index (κ1) is 12.4. The van der Waals surface area contributed by atoms with E-state index in [9.17, 15) is 0 Å². The topological polar surface area (TPSA) is 42.9 Å². The lowest BCUT2D eigenvalue weighted by Gasteiger charge is -2.29. The van der Waals surface area contributed by atoms with Gasteiger partial charge in [-0.15, -0.1) is 0 Å². The zero-order valence-electron chi connectivity index (χ0n) is 11.4. The van der Waals surface area contributed by atoms with Gasteiger partial charge in [-0.1, -0.05) is 31.0 Å². The molecule has 0 radical (unpaired) electrons. The molecular formula is C15H18N2O2S. The van der Waals surface area contributed by atoms with Gasteiger partial charge in [0.05, 0.1) is 5.54 Å². The first-order chi connectivity index (χ1) is 9.83. The molecule has 0 unspecified atom stereocenters. The summed E-state index contributed by atoms with van der Waals surface area (Å²) in [5.41, 5.74) is 1.23. The maximum absolute atomic E-state index is 5.40. The minimum Gasteiger partial charge on any atom is -0.454 e. The van der Waals surface area contributed by atoms with Crippen molar-refractivity contribution in [3.8, 4) is 11.5 Å². The number of hydrogen-bond donors (Lipinski definition) is 1. The lowest BCUT2D eigenvalue weighted by Crippen LogP contribution is -2.29. The molecule has 3 aliphatic rings. The van der Waals surface area contributed by atoms with E-state index >= 15 is 0 Å². The van der Waals surface area contributed by atoms with Crippen LogP contribution >= 0.6 is 11.8 Å². The number of benzene rings is 1. The highest BCUT2D eigenvalue weighted by molar-refractivity contribution is 8.14. The molecule has 1 spiro atoms. The van der Waals surface area contributed by atoms with E-state index in [1.54, 1.807) is 0 Å². The van der Waals surface area contributed by atoms with Crippen molar-refractivity contribution >= 4 is 22.6 Å². The summed E-state index contributed by atoms with van der Waals surface area (Å²) in [5, 5.41) is 4.47. The Labute approximate surface area is 122 Å². The number of ether oxygens (including phenoxy) is 2. The summed E-state index contributed by atoms with van der Waals surface area (Å²) >= 11 is 1.84. The lowest BCUT2D eigenvalue weighted by molar-refractivity contribution is 0.174. The molecule has 106 valence electrons. The van der Waals surface area contributed by atoms with Crippen molar-refractivity contribution in [3.05, 3.63) is 18.2 Å². The van der Waals surface area contributed by atoms with E-state index in [2.05, 4.69) is 5.32 Å². The zero-order valence-corrected chi connectivity index (χ0v) is 12.2. The Morgan fingerprint density at radius 1 is 1.10 bits per heavy atom. The summed E-state index contributed by atoms with van der Waals surface area (Å²) in [6.07, 6.45) is 6.49. The van der Waals surface area contributed by atoms with Crippen LogP contribution in [0.5, 0.6) is 11.5 Å². The van der Waals surface area contributed by atoms with Gasteiger partial charge in [0, 0.05) is 17.5 Å². The number of aliphatic imine (C=N–C) groups is 1. The quantitative estimate of drug-likeness (QED) is 0.857. The van der Waals surface area contributed by atoms with Gasteiger partial charge in [0.1, 0.15) is 0 Å². The number of rotatable bonds is 1. The molecule has 0 atom stereocenters. The number of nitrogens with zero attached hydrogens (tertiary/aromatic N) is 1. The Bertz CT molecular complexity index is 553. The van der Waals surface area contributed by atoms with Crippen LogP contribution in [0.25, 0.3) is 0 Å². The molecule has 2 aliphatic heterocycles. The molecule has 1 aromatic carbocycles. The van der Waals surface area contributed by atoms with Crippen LogP contribution in [0.3, 0.4) is 0 Å². The SMILES string of the molecule is c1cc2c(cc1NC1=NC3(CCCCC3)CS1)OCO2. The number of hydrogen-bond acceptors (Lipinski definition) is 5. The fraction of sp³-hybridized carbons (Fsp3) is 0.533. The molecule has 1 saturated carbocycles. The second-order valence-electron chi connectivity index (χ2n) is 5.68. The molecule has 4 nitrogen and oxygen atoms in total. The molecule has 1 aromatic rings. The van der Waals surface area contributed by atoms with Gasteiger partial charge in [0.15, 0.2) is 16.7 Å². The van der Waals surface area contributed by atoms with Crippen LogP contribution in [0.4, 0.5) is 5.69 Å². The van der Waals surface area contributed by atoms with E-state index in [0.717, 1.165) is 28.1 Å². The summed E-state index contributed by atoms with van der Waals surface area (Å²) in [7, 11) is 0. The molecule has 1 N–H and O–H groups in total. The standard InChI is InChI=1S/C15H18N2O2S/c1-2-6-15(7-3-1)9-20-14(17-15)16-11-4-5-12-13(8-11)19-10-18-12/h4-5,8H,1-3,6-7,9-10H2,(H,16,17). The predicted molar refractivity (Wildman–Crippen MR) is 81.9 cm³/mol. The maximum atomic E-state index is 5.40. The van der Waals surface area contributed by atoms with Crippen LogP contribution in [-0.4, -0.2) is 23.3 Å². The smallest absolute Gasteiger partial charge is 0.231 e. The molecule has 20 heavy (non-hydrogen) atoms. The number of nitrogens with one attached hydrogen (secondary N) is 1. The highest BCUT2D eigenvalue weighted by atomic mass is 32.2. The second kappa shape index (κ2) is 4.88. The third-order valence-electron chi connectivity index (χ3n) is 4.22. The third-order valence-corrected chi connectivity index (χ3v) is 5.37. The predicted octanol–water partition coefficient (Wildman–Crippen LogP) is 3.63. The number of thioether (sulfide) groups is 1. The summed E-state index contributed by atoms with van der Waals surface area (Å²) in [4.78, 5) is 4.96. The lowest BCUT2D eigenvalue weighted by atomic mass is 9.84. The molecule has 4 rings (SSSR count). The number of fused-ring (bicyclic) bond motifs is 1. The summed E-state index contributed by atoms with van der Waals surface area (Å²) in [6.45, 7) is 0.317. The Morgan fingerprint density at radius 2 is 1.95 bits per heavy atom. The van der Waals surface area contributed by atoms with Gasteiger partial charge in [-0.2, -0.15) is 0 Å². The van der Waals surface area contributed by atoms with E-state index in [1.165, 1.54) is 32.1 Å². The van der Waals surface area contributed by atoms with Gasteiger partial charge in [0.25, 0.3) is 0 Å². The van der Waals surface area contributed by atoms with Gasteiger partial charge in [-0.3, -0.25) is 4.99 Å². The molecule has 0 amide bonds. The Balaban J connectivity index is 1.50. The Kier molecular flexibility index (Phi) is 3.02. The maximum Gasteiger partial charge on any atom is 0.231 e. The Morgan fingerprint density at radius 3 is 2.85 bits per heavy atom. The summed E-state index contributed by atoms with van der Waals surface area (Å²) < 4.78 is 10.7. The van der Waals surface area contributed by atoms with E-state index in [0.29, 0.717) is 6.79 Å². The monoisotopic (exact) mass is 290 g/mol. The molecule has 0 saturated heterocycles. The minimum absolute atomic E-state index is 0.210. The molecule has 2 heterocycles. The van der Waals surface area contributed by atoms with Crippen molar-refractivity contribution in [2.75, 3.05) is 17.9 Å². The molecule has 0 bridgehead atoms. The average Bonchev–Trinajstić information content (AvgIpc) is 3.07. The van der Waals surface area contributed by atoms with Crippen molar-refractivity contribution in [2.24, 2.45) is 4.99 Å². The fourth-order valence-corrected chi connectivity index (χ4v) is 4.32. The van der Waals surface area contributed by atoms with Crippen molar-refractivity contribution in [3.63, 3.8) is 0 Å². The normalized spacial score (nSPS) is 22.9. The van der Waals surface area contributed by atoms with Gasteiger partial charge in [0.2, 0.25) is 6.79 Å². The molecule has 0 aromatic heterocycles. The zero-order chi connectivity index (χ0) is 13.4. The third kappa shape index (κ3) is 2.24. The average molecular weight is 290 g/mol. The second-order valence-corrected chi connectivity index (χ2v) is 6.65. The largest absolute Gasteiger partial charge is 0.454 e. The van der Waals surface area contributed by atoms with Crippen LogP contribution in [0.2, 0.25) is 0 Å². The van der Waals surface area contributed by atoms with Gasteiger partial charge in [-0.05, 0) is 25.0 Å². The van der Waals surface area contributed by atoms with Crippen molar-refractivity contribution < 1.29 is 9.47 Å². The Hall–Kier alpha value is -1.36. The van der Waals surface area contributed by atoms with Gasteiger partial charge < -0.3 is 14.8 Å². The first-order valence-corrected chi connectivity index (χ1v) is 8.21. The van der Waals surface area contributed by atoms with Gasteiger partial charge >= 0.3 is 0 Å². The van der Waals surface area contributed by atoms with E-state index < -0.39 is 0 Å². The van der Waals surface area contributed by atoms with E-state index in [-0.39, 0.29) is 5.54 Å². The van der Waals surface area contributed by atoms with Gasteiger partial charge in [-0.25, -0.2) is 0 Å². The van der Waals surface area contributed by atoms with E-state index in [1.807, 2.05) is 30.0 Å². The van der Waals surface area contributed by atoms with Crippen molar-refractivity contribution in [1.82, 2.24) is 0 Å². The van der Waals surface area contributed by atoms with Crippen LogP contribution < -0.4 is 14.8 Å². The van der Waals surface area contributed by atoms with Crippen LogP contribution in [0, 0.1) is 0 Å². The van der Waals surface area contributed by atoms with Crippen LogP contribution in [-0.2, 0) is 0 Å². The first-order valence-electron chi connectivity index (χ1n) is 7.22. The summed E-state index contributed by atoms with van der Waals surface area (Å²) in [6, 6.07) is 5.95. The van der Waals surface area contributed by atoms with Crippen molar-refractivity contribution in [1.29, 1.82) is 0 Å². The fourth-order valence-electron chi connectivity index (χ4n) is 3.11. The molecule has 1 aliphatic carbocycles. The number of anilines is 1. The summed E-state index contributed by atoms with van der Waals surface area (Å²) in [5.74, 6) is 2.76. The molecule has 5 heteroatoms. The minimum atomic E-state index is 0.210. The van der Waals surface area contributed by atoms with Crippen molar-refractivity contribution in [2.45, 2.75) is 37.6 Å². The highest BCUT2D eigenvalue weighted by Gasteiger charge is 2.36. The van der Waals surface area contributed by atoms with Crippen LogP contribution in [0.15, 0.2) is 23.2 Å². The molecule has 1 fully saturated rings. The molecular weight excluding hydrogens is 272 g/mol. The van der Waals surface area contributed by atoms with E-state index in [4.69, 9.17) is 14.5 Å².